The number of aryl methyl sites for hydroxylation is 1. The monoisotopic (exact) mass is 356 g/mol. The molecule has 1 unspecified atom stereocenters. The average molecular weight is 356 g/mol. The van der Waals surface area contributed by atoms with E-state index in [1.165, 1.54) is 16.9 Å². The van der Waals surface area contributed by atoms with Crippen molar-refractivity contribution in [2.24, 2.45) is 0 Å². The Morgan fingerprint density at radius 1 is 1.16 bits per heavy atom. The Morgan fingerprint density at radius 3 is 2.48 bits per heavy atom. The van der Waals surface area contributed by atoms with Gasteiger partial charge in [0, 0.05) is 10.9 Å². The van der Waals surface area contributed by atoms with Crippen molar-refractivity contribution in [2.45, 2.75) is 39.7 Å². The molecule has 0 fully saturated rings. The molecule has 0 radical (unpaired) electrons. The van der Waals surface area contributed by atoms with Crippen LogP contribution in [0.5, 0.6) is 0 Å². The number of amides is 1. The molecule has 0 bridgehead atoms. The maximum Gasteiger partial charge on any atom is 0.271 e. The Labute approximate surface area is 150 Å². The highest BCUT2D eigenvalue weighted by molar-refractivity contribution is 7.13. The van der Waals surface area contributed by atoms with Crippen LogP contribution in [-0.2, 0) is 0 Å². The molecule has 130 valence electrons. The first-order valence-corrected chi connectivity index (χ1v) is 8.99. The molecular formula is C18H20N4O2S. The molecule has 0 aliphatic rings. The van der Waals surface area contributed by atoms with Crippen molar-refractivity contribution in [3.63, 3.8) is 0 Å². The summed E-state index contributed by atoms with van der Waals surface area (Å²) < 4.78 is 5.07. The second-order valence-electron chi connectivity index (χ2n) is 6.19. The Balaban J connectivity index is 1.71. The molecule has 0 spiro atoms. The molecule has 2 heterocycles. The number of carbonyl (C=O) groups excluding carboxylic acids is 1. The summed E-state index contributed by atoms with van der Waals surface area (Å²) in [5.74, 6) is 1.15. The number of rotatable bonds is 5. The van der Waals surface area contributed by atoms with Crippen LogP contribution in [0.1, 0.15) is 60.5 Å². The molecule has 1 amide bonds. The molecule has 1 N–H and O–H groups in total. The standard InChI is InChI=1S/C18H20N4O2S/c1-10(2)13-5-7-14(8-6-13)18-21-15(9-25-18)16(23)19-11(3)17-20-12(4)22-24-17/h5-11H,1-4H3,(H,19,23). The van der Waals surface area contributed by atoms with Gasteiger partial charge in [0.05, 0.1) is 0 Å². The van der Waals surface area contributed by atoms with Gasteiger partial charge in [-0.25, -0.2) is 4.98 Å². The fraction of sp³-hybridized carbons (Fsp3) is 0.333. The Morgan fingerprint density at radius 2 is 1.88 bits per heavy atom. The van der Waals surface area contributed by atoms with Crippen LogP contribution in [0.15, 0.2) is 34.2 Å². The zero-order valence-electron chi connectivity index (χ0n) is 14.6. The molecule has 0 saturated heterocycles. The van der Waals surface area contributed by atoms with E-state index in [9.17, 15) is 4.79 Å². The molecule has 1 atom stereocenters. The van der Waals surface area contributed by atoms with Gasteiger partial charge >= 0.3 is 0 Å². The molecule has 3 rings (SSSR count). The summed E-state index contributed by atoms with van der Waals surface area (Å²) in [5.41, 5.74) is 2.67. The third kappa shape index (κ3) is 3.93. The van der Waals surface area contributed by atoms with Crippen LogP contribution >= 0.6 is 11.3 Å². The van der Waals surface area contributed by atoms with Gasteiger partial charge in [-0.1, -0.05) is 43.3 Å². The molecular weight excluding hydrogens is 336 g/mol. The van der Waals surface area contributed by atoms with E-state index in [1.807, 2.05) is 12.1 Å². The third-order valence-corrected chi connectivity index (χ3v) is 4.71. The van der Waals surface area contributed by atoms with Crippen molar-refractivity contribution in [3.8, 4) is 10.6 Å². The highest BCUT2D eigenvalue weighted by Crippen LogP contribution is 2.26. The summed E-state index contributed by atoms with van der Waals surface area (Å²) in [6, 6.07) is 7.91. The number of hydrogen-bond acceptors (Lipinski definition) is 6. The average Bonchev–Trinajstić information content (AvgIpc) is 3.24. The van der Waals surface area contributed by atoms with Crippen molar-refractivity contribution >= 4 is 17.2 Å². The van der Waals surface area contributed by atoms with E-state index in [2.05, 4.69) is 46.4 Å². The Kier molecular flexibility index (Phi) is 4.94. The van der Waals surface area contributed by atoms with Gasteiger partial charge in [0.25, 0.3) is 5.91 Å². The van der Waals surface area contributed by atoms with E-state index in [0.717, 1.165) is 10.6 Å². The zero-order valence-corrected chi connectivity index (χ0v) is 15.4. The minimum absolute atomic E-state index is 0.260. The van der Waals surface area contributed by atoms with Crippen LogP contribution in [0.2, 0.25) is 0 Å². The third-order valence-electron chi connectivity index (χ3n) is 3.82. The lowest BCUT2D eigenvalue weighted by molar-refractivity contribution is 0.0928. The summed E-state index contributed by atoms with van der Waals surface area (Å²) >= 11 is 1.45. The molecule has 0 aliphatic carbocycles. The molecule has 1 aromatic carbocycles. The Hall–Kier alpha value is -2.54. The van der Waals surface area contributed by atoms with Gasteiger partial charge in [0.15, 0.2) is 5.82 Å². The van der Waals surface area contributed by atoms with Crippen LogP contribution in [-0.4, -0.2) is 21.0 Å². The minimum atomic E-state index is -0.371. The molecule has 0 aliphatic heterocycles. The minimum Gasteiger partial charge on any atom is -0.339 e. The SMILES string of the molecule is Cc1noc(C(C)NC(=O)c2csc(-c3ccc(C(C)C)cc3)n2)n1. The number of thiazole rings is 1. The van der Waals surface area contributed by atoms with Crippen molar-refractivity contribution in [1.29, 1.82) is 0 Å². The van der Waals surface area contributed by atoms with Crippen molar-refractivity contribution in [1.82, 2.24) is 20.4 Å². The maximum absolute atomic E-state index is 12.4. The lowest BCUT2D eigenvalue weighted by Gasteiger charge is -2.07. The molecule has 25 heavy (non-hydrogen) atoms. The topological polar surface area (TPSA) is 80.9 Å². The Bertz CT molecular complexity index is 867. The highest BCUT2D eigenvalue weighted by Gasteiger charge is 2.18. The van der Waals surface area contributed by atoms with E-state index in [4.69, 9.17) is 4.52 Å². The van der Waals surface area contributed by atoms with Gasteiger partial charge in [-0.3, -0.25) is 4.79 Å². The number of carbonyl (C=O) groups is 1. The highest BCUT2D eigenvalue weighted by atomic mass is 32.1. The van der Waals surface area contributed by atoms with Gasteiger partial charge in [-0.15, -0.1) is 11.3 Å². The van der Waals surface area contributed by atoms with E-state index in [0.29, 0.717) is 23.3 Å². The van der Waals surface area contributed by atoms with E-state index < -0.39 is 0 Å². The largest absolute Gasteiger partial charge is 0.339 e. The fourth-order valence-electron chi connectivity index (χ4n) is 2.34. The van der Waals surface area contributed by atoms with Gasteiger partial charge in [-0.05, 0) is 25.3 Å². The maximum atomic E-state index is 12.4. The number of nitrogens with one attached hydrogen (secondary N) is 1. The molecule has 3 aromatic rings. The first-order valence-electron chi connectivity index (χ1n) is 8.11. The normalized spacial score (nSPS) is 12.4. The van der Waals surface area contributed by atoms with Crippen LogP contribution in [0.25, 0.3) is 10.6 Å². The molecule has 0 saturated carbocycles. The molecule has 7 heteroatoms. The van der Waals surface area contributed by atoms with Crippen LogP contribution < -0.4 is 5.32 Å². The first-order chi connectivity index (χ1) is 11.9. The van der Waals surface area contributed by atoms with Gasteiger partial charge in [0.2, 0.25) is 5.89 Å². The number of nitrogens with zero attached hydrogens (tertiary/aromatic N) is 3. The second-order valence-corrected chi connectivity index (χ2v) is 7.05. The summed E-state index contributed by atoms with van der Waals surface area (Å²) in [6.07, 6.45) is 0. The van der Waals surface area contributed by atoms with E-state index >= 15 is 0 Å². The predicted molar refractivity (Wildman–Crippen MR) is 96.6 cm³/mol. The smallest absolute Gasteiger partial charge is 0.271 e. The lowest BCUT2D eigenvalue weighted by atomic mass is 10.0. The first kappa shape index (κ1) is 17.3. The fourth-order valence-corrected chi connectivity index (χ4v) is 3.15. The van der Waals surface area contributed by atoms with Crippen molar-refractivity contribution in [2.75, 3.05) is 0 Å². The van der Waals surface area contributed by atoms with Crippen molar-refractivity contribution in [3.05, 3.63) is 52.6 Å². The predicted octanol–water partition coefficient (Wildman–Crippen LogP) is 4.12. The summed E-state index contributed by atoms with van der Waals surface area (Å²) in [7, 11) is 0. The summed E-state index contributed by atoms with van der Waals surface area (Å²) in [4.78, 5) is 20.9. The summed E-state index contributed by atoms with van der Waals surface area (Å²) in [5, 5.41) is 9.13. The second kappa shape index (κ2) is 7.14. The van der Waals surface area contributed by atoms with Crippen LogP contribution in [0.3, 0.4) is 0 Å². The summed E-state index contributed by atoms with van der Waals surface area (Å²) in [6.45, 7) is 7.85. The number of aromatic nitrogens is 3. The lowest BCUT2D eigenvalue weighted by Crippen LogP contribution is -2.27. The van der Waals surface area contributed by atoms with Gasteiger partial charge in [0.1, 0.15) is 16.7 Å². The van der Waals surface area contributed by atoms with Crippen LogP contribution in [0, 0.1) is 6.92 Å². The van der Waals surface area contributed by atoms with Crippen molar-refractivity contribution < 1.29 is 9.32 Å². The van der Waals surface area contributed by atoms with Gasteiger partial charge in [-0.2, -0.15) is 4.98 Å². The number of hydrogen-bond donors (Lipinski definition) is 1. The zero-order chi connectivity index (χ0) is 18.0. The molecule has 6 nitrogen and oxygen atoms in total. The molecule has 2 aromatic heterocycles. The van der Waals surface area contributed by atoms with E-state index in [1.54, 1.807) is 19.2 Å². The van der Waals surface area contributed by atoms with E-state index in [-0.39, 0.29) is 11.9 Å². The van der Waals surface area contributed by atoms with Crippen LogP contribution in [0.4, 0.5) is 0 Å². The number of benzene rings is 1. The van der Waals surface area contributed by atoms with Gasteiger partial charge < -0.3 is 9.84 Å². The quantitative estimate of drug-likeness (QED) is 0.744.